The Balaban J connectivity index is 2.41. The van der Waals surface area contributed by atoms with Gasteiger partial charge in [-0.3, -0.25) is 9.48 Å². The molecule has 2 rings (SSSR count). The zero-order chi connectivity index (χ0) is 14.7. The van der Waals surface area contributed by atoms with Crippen molar-refractivity contribution in [2.75, 3.05) is 0 Å². The summed E-state index contributed by atoms with van der Waals surface area (Å²) in [7, 11) is 0. The van der Waals surface area contributed by atoms with E-state index in [1.165, 1.54) is 0 Å². The van der Waals surface area contributed by atoms with Crippen LogP contribution in [0.2, 0.25) is 0 Å². The minimum atomic E-state index is -0.410. The average molecular weight is 269 g/mol. The number of allylic oxidation sites excluding steroid dienone is 1. The van der Waals surface area contributed by atoms with Crippen molar-refractivity contribution in [2.45, 2.75) is 27.3 Å². The molecule has 0 atom stereocenters. The van der Waals surface area contributed by atoms with Gasteiger partial charge in [-0.1, -0.05) is 0 Å². The molecule has 102 valence electrons. The Kier molecular flexibility index (Phi) is 3.80. The first-order chi connectivity index (χ1) is 9.55. The van der Waals surface area contributed by atoms with Gasteiger partial charge in [0.15, 0.2) is 0 Å². The molecule has 0 aliphatic rings. The van der Waals surface area contributed by atoms with E-state index in [1.54, 1.807) is 13.1 Å². The predicted octanol–water partition coefficient (Wildman–Crippen LogP) is 1.73. The van der Waals surface area contributed by atoms with Gasteiger partial charge in [-0.25, -0.2) is 4.98 Å². The van der Waals surface area contributed by atoms with Gasteiger partial charge in [0, 0.05) is 18.3 Å². The second-order valence-electron chi connectivity index (χ2n) is 4.44. The first kappa shape index (κ1) is 13.7. The van der Waals surface area contributed by atoms with Crippen LogP contribution in [0.15, 0.2) is 17.2 Å². The summed E-state index contributed by atoms with van der Waals surface area (Å²) in [6.45, 7) is 6.32. The normalized spacial score (nSPS) is 11.4. The number of hydrogen-bond donors (Lipinski definition) is 1. The van der Waals surface area contributed by atoms with E-state index in [0.717, 1.165) is 17.7 Å². The van der Waals surface area contributed by atoms with Gasteiger partial charge in [0.25, 0.3) is 5.56 Å². The number of aromatic amines is 1. The van der Waals surface area contributed by atoms with Gasteiger partial charge in [-0.15, -0.1) is 0 Å². The van der Waals surface area contributed by atoms with Crippen molar-refractivity contribution >= 4 is 11.6 Å². The van der Waals surface area contributed by atoms with E-state index in [4.69, 9.17) is 5.26 Å². The van der Waals surface area contributed by atoms with Crippen molar-refractivity contribution in [3.63, 3.8) is 0 Å². The molecule has 2 heterocycles. The number of rotatable bonds is 3. The molecule has 0 amide bonds. The zero-order valence-electron chi connectivity index (χ0n) is 11.6. The summed E-state index contributed by atoms with van der Waals surface area (Å²) in [6.07, 6.45) is 5.56. The van der Waals surface area contributed by atoms with E-state index in [0.29, 0.717) is 11.5 Å². The molecule has 0 aromatic carbocycles. The maximum Gasteiger partial charge on any atom is 0.269 e. The lowest BCUT2D eigenvalue weighted by Crippen LogP contribution is -2.16. The second kappa shape index (κ2) is 5.53. The highest BCUT2D eigenvalue weighted by Crippen LogP contribution is 2.13. The van der Waals surface area contributed by atoms with Crippen LogP contribution in [0.5, 0.6) is 0 Å². The van der Waals surface area contributed by atoms with Crippen LogP contribution in [-0.4, -0.2) is 19.7 Å². The summed E-state index contributed by atoms with van der Waals surface area (Å²) in [4.78, 5) is 18.6. The van der Waals surface area contributed by atoms with Gasteiger partial charge in [-0.05, 0) is 32.4 Å². The quantitative estimate of drug-likeness (QED) is 0.919. The molecule has 6 nitrogen and oxygen atoms in total. The molecule has 2 aromatic rings. The lowest BCUT2D eigenvalue weighted by molar-refractivity contribution is 0.660. The molecule has 0 fully saturated rings. The Morgan fingerprint density at radius 2 is 2.35 bits per heavy atom. The highest BCUT2D eigenvalue weighted by atomic mass is 16.1. The number of nitriles is 1. The van der Waals surface area contributed by atoms with Crippen LogP contribution in [0.25, 0.3) is 11.6 Å². The Labute approximate surface area is 116 Å². The minimum absolute atomic E-state index is 0.0559. The largest absolute Gasteiger partial charge is 0.306 e. The number of H-pyrrole nitrogens is 1. The van der Waals surface area contributed by atoms with E-state index in [1.807, 2.05) is 36.9 Å². The summed E-state index contributed by atoms with van der Waals surface area (Å²) in [5, 5.41) is 13.0. The smallest absolute Gasteiger partial charge is 0.269 e. The van der Waals surface area contributed by atoms with E-state index >= 15 is 0 Å². The molecular formula is C14H15N5O. The lowest BCUT2D eigenvalue weighted by atomic mass is 10.2. The fourth-order valence-corrected chi connectivity index (χ4v) is 1.85. The van der Waals surface area contributed by atoms with E-state index in [9.17, 15) is 4.79 Å². The molecule has 0 aliphatic carbocycles. The summed E-state index contributed by atoms with van der Waals surface area (Å²) >= 11 is 0. The Hall–Kier alpha value is -2.68. The van der Waals surface area contributed by atoms with Crippen molar-refractivity contribution in [1.82, 2.24) is 19.7 Å². The number of nitrogens with zero attached hydrogens (tertiary/aromatic N) is 4. The van der Waals surface area contributed by atoms with E-state index in [-0.39, 0.29) is 5.56 Å². The Morgan fingerprint density at radius 3 is 2.90 bits per heavy atom. The molecule has 6 heteroatoms. The van der Waals surface area contributed by atoms with Crippen LogP contribution in [-0.2, 0) is 6.54 Å². The minimum Gasteiger partial charge on any atom is -0.306 e. The summed E-state index contributed by atoms with van der Waals surface area (Å²) in [6, 6.07) is 1.85. The van der Waals surface area contributed by atoms with Crippen LogP contribution in [0, 0.1) is 18.3 Å². The maximum atomic E-state index is 11.7. The predicted molar refractivity (Wildman–Crippen MR) is 75.8 cm³/mol. The lowest BCUT2D eigenvalue weighted by Gasteiger charge is -2.02. The van der Waals surface area contributed by atoms with Gasteiger partial charge in [0.2, 0.25) is 0 Å². The first-order valence-corrected chi connectivity index (χ1v) is 6.27. The number of aryl methyl sites for hydroxylation is 2. The molecule has 1 N–H and O–H groups in total. The first-order valence-electron chi connectivity index (χ1n) is 6.27. The molecule has 0 saturated heterocycles. The van der Waals surface area contributed by atoms with Crippen molar-refractivity contribution in [2.24, 2.45) is 0 Å². The highest BCUT2D eigenvalue weighted by Gasteiger charge is 2.08. The summed E-state index contributed by atoms with van der Waals surface area (Å²) in [5.41, 5.74) is 1.83. The van der Waals surface area contributed by atoms with Crippen LogP contribution in [0.4, 0.5) is 0 Å². The third-order valence-corrected chi connectivity index (χ3v) is 2.95. The van der Waals surface area contributed by atoms with Crippen LogP contribution >= 0.6 is 0 Å². The molecule has 20 heavy (non-hydrogen) atoms. The molecular weight excluding hydrogens is 254 g/mol. The summed E-state index contributed by atoms with van der Waals surface area (Å²) in [5.74, 6) is 0.468. The van der Waals surface area contributed by atoms with Gasteiger partial charge in [0.05, 0.1) is 11.9 Å². The Bertz CT molecular complexity index is 761. The van der Waals surface area contributed by atoms with E-state index < -0.39 is 5.56 Å². The Morgan fingerprint density at radius 1 is 1.60 bits per heavy atom. The number of hydrogen-bond acceptors (Lipinski definition) is 4. The third-order valence-electron chi connectivity index (χ3n) is 2.95. The summed E-state index contributed by atoms with van der Waals surface area (Å²) < 4.78 is 1.82. The standard InChI is InChI=1S/C14H15N5O/c1-4-19-8-11(7-16-19)5-9(2)13-17-10(3)12(6-15)14(20)18-13/h5,7-8H,4H2,1-3H3,(H,17,18,20). The van der Waals surface area contributed by atoms with Gasteiger partial charge < -0.3 is 4.98 Å². The molecule has 0 saturated carbocycles. The third kappa shape index (κ3) is 2.67. The molecule has 0 spiro atoms. The maximum absolute atomic E-state index is 11.7. The SMILES string of the molecule is CCn1cc(C=C(C)c2nc(C)c(C#N)c(=O)[nH]2)cn1. The highest BCUT2D eigenvalue weighted by molar-refractivity contribution is 5.76. The monoisotopic (exact) mass is 269 g/mol. The van der Waals surface area contributed by atoms with Gasteiger partial charge in [-0.2, -0.15) is 10.4 Å². The molecule has 0 radical (unpaired) electrons. The molecule has 0 unspecified atom stereocenters. The van der Waals surface area contributed by atoms with Gasteiger partial charge in [0.1, 0.15) is 17.5 Å². The van der Waals surface area contributed by atoms with Crippen LogP contribution in [0.3, 0.4) is 0 Å². The van der Waals surface area contributed by atoms with Crippen LogP contribution in [0.1, 0.15) is 36.5 Å². The number of aromatic nitrogens is 4. The van der Waals surface area contributed by atoms with Crippen molar-refractivity contribution in [3.8, 4) is 6.07 Å². The van der Waals surface area contributed by atoms with Crippen molar-refractivity contribution in [3.05, 3.63) is 45.4 Å². The molecule has 0 bridgehead atoms. The van der Waals surface area contributed by atoms with Crippen molar-refractivity contribution in [1.29, 1.82) is 5.26 Å². The van der Waals surface area contributed by atoms with Crippen molar-refractivity contribution < 1.29 is 0 Å². The fourth-order valence-electron chi connectivity index (χ4n) is 1.85. The molecule has 0 aliphatic heterocycles. The second-order valence-corrected chi connectivity index (χ2v) is 4.44. The number of nitrogens with one attached hydrogen (secondary N) is 1. The van der Waals surface area contributed by atoms with Gasteiger partial charge >= 0.3 is 0 Å². The molecule has 2 aromatic heterocycles. The topological polar surface area (TPSA) is 87.4 Å². The van der Waals surface area contributed by atoms with E-state index in [2.05, 4.69) is 15.1 Å². The average Bonchev–Trinajstić information content (AvgIpc) is 2.86. The fraction of sp³-hybridized carbons (Fsp3) is 0.286. The van der Waals surface area contributed by atoms with Crippen LogP contribution < -0.4 is 5.56 Å². The zero-order valence-corrected chi connectivity index (χ0v) is 11.6.